The van der Waals surface area contributed by atoms with Crippen LogP contribution in [0, 0.1) is 11.6 Å². The van der Waals surface area contributed by atoms with Gasteiger partial charge in [-0.2, -0.15) is 0 Å². The second kappa shape index (κ2) is 4.28. The summed E-state index contributed by atoms with van der Waals surface area (Å²) in [6.07, 6.45) is 0. The van der Waals surface area contributed by atoms with Crippen LogP contribution in [-0.4, -0.2) is 23.3 Å². The summed E-state index contributed by atoms with van der Waals surface area (Å²) in [4.78, 5) is 11.0. The normalized spacial score (nSPS) is 10.3. The maximum Gasteiger partial charge on any atom is 0.396 e. The molecule has 1 aromatic heterocycles. The van der Waals surface area contributed by atoms with Crippen molar-refractivity contribution in [2.75, 3.05) is 7.11 Å². The summed E-state index contributed by atoms with van der Waals surface area (Å²) >= 11 is 0. The van der Waals surface area contributed by atoms with E-state index in [1.165, 1.54) is 0 Å². The molecule has 2 rings (SSSR count). The molecule has 0 atom stereocenters. The molecule has 0 aliphatic carbocycles. The summed E-state index contributed by atoms with van der Waals surface area (Å²) < 4.78 is 35.2. The van der Waals surface area contributed by atoms with Gasteiger partial charge in [-0.3, -0.25) is 0 Å². The second-order valence-corrected chi connectivity index (χ2v) is 3.03. The Bertz CT molecular complexity index is 568. The van der Waals surface area contributed by atoms with Crippen molar-refractivity contribution in [3.05, 3.63) is 35.7 Å². The fraction of sp³-hybridized carbons (Fsp3) is 0.100. The van der Waals surface area contributed by atoms with E-state index < -0.39 is 23.5 Å². The maximum absolute atomic E-state index is 13.3. The van der Waals surface area contributed by atoms with Crippen molar-refractivity contribution in [2.45, 2.75) is 0 Å². The molecule has 17 heavy (non-hydrogen) atoms. The van der Waals surface area contributed by atoms with Crippen molar-refractivity contribution in [1.29, 1.82) is 0 Å². The van der Waals surface area contributed by atoms with Gasteiger partial charge in [0.1, 0.15) is 11.6 Å². The molecule has 0 spiro atoms. The van der Waals surface area contributed by atoms with Gasteiger partial charge in [0.05, 0.1) is 12.7 Å². The molecule has 0 saturated carbocycles. The summed E-state index contributed by atoms with van der Waals surface area (Å²) in [6, 6.07) is 2.86. The predicted molar refractivity (Wildman–Crippen MR) is 51.0 cm³/mol. The summed E-state index contributed by atoms with van der Waals surface area (Å²) in [5.74, 6) is -3.02. The highest BCUT2D eigenvalue weighted by Crippen LogP contribution is 2.22. The second-order valence-electron chi connectivity index (χ2n) is 3.03. The van der Waals surface area contributed by atoms with E-state index in [4.69, 9.17) is 4.42 Å². The van der Waals surface area contributed by atoms with Crippen molar-refractivity contribution in [3.63, 3.8) is 0 Å². The largest absolute Gasteiger partial charge is 0.462 e. The Hall–Kier alpha value is -2.31. The molecule has 1 heterocycles. The number of halogens is 2. The van der Waals surface area contributed by atoms with Gasteiger partial charge in [0.25, 0.3) is 5.89 Å². The number of ether oxygens (including phenoxy) is 1. The van der Waals surface area contributed by atoms with Gasteiger partial charge < -0.3 is 9.15 Å². The third kappa shape index (κ3) is 2.12. The Morgan fingerprint density at radius 3 is 2.76 bits per heavy atom. The van der Waals surface area contributed by atoms with Gasteiger partial charge >= 0.3 is 11.9 Å². The van der Waals surface area contributed by atoms with Crippen molar-refractivity contribution in [1.82, 2.24) is 10.2 Å². The average molecular weight is 240 g/mol. The number of methoxy groups -OCH3 is 1. The monoisotopic (exact) mass is 240 g/mol. The topological polar surface area (TPSA) is 65.2 Å². The molecule has 0 saturated heterocycles. The zero-order valence-corrected chi connectivity index (χ0v) is 8.61. The third-order valence-electron chi connectivity index (χ3n) is 1.95. The van der Waals surface area contributed by atoms with Crippen molar-refractivity contribution >= 4 is 5.97 Å². The van der Waals surface area contributed by atoms with Crippen molar-refractivity contribution < 1.29 is 22.7 Å². The van der Waals surface area contributed by atoms with Gasteiger partial charge in [0.15, 0.2) is 0 Å². The number of carbonyl (C=O) groups excluding carboxylic acids is 1. The summed E-state index contributed by atoms with van der Waals surface area (Å²) in [7, 11) is 1.14. The lowest BCUT2D eigenvalue weighted by Gasteiger charge is -1.96. The van der Waals surface area contributed by atoms with Gasteiger partial charge in [-0.15, -0.1) is 10.2 Å². The molecular weight excluding hydrogens is 234 g/mol. The number of rotatable bonds is 2. The van der Waals surface area contributed by atoms with Crippen LogP contribution in [0.15, 0.2) is 22.6 Å². The molecule has 0 aliphatic heterocycles. The van der Waals surface area contributed by atoms with Gasteiger partial charge in [-0.1, -0.05) is 0 Å². The first-order chi connectivity index (χ1) is 8.11. The molecule has 88 valence electrons. The van der Waals surface area contributed by atoms with E-state index >= 15 is 0 Å². The maximum atomic E-state index is 13.3. The van der Waals surface area contributed by atoms with Crippen LogP contribution in [0.4, 0.5) is 8.78 Å². The van der Waals surface area contributed by atoms with E-state index in [1.807, 2.05) is 0 Å². The van der Waals surface area contributed by atoms with E-state index in [0.29, 0.717) is 6.07 Å². The van der Waals surface area contributed by atoms with E-state index in [2.05, 4.69) is 14.9 Å². The lowest BCUT2D eigenvalue weighted by molar-refractivity contribution is 0.0556. The lowest BCUT2D eigenvalue weighted by atomic mass is 10.2. The van der Waals surface area contributed by atoms with Crippen LogP contribution in [0.1, 0.15) is 10.7 Å². The number of benzene rings is 1. The Morgan fingerprint density at radius 2 is 2.12 bits per heavy atom. The average Bonchev–Trinajstić information content (AvgIpc) is 2.77. The number of esters is 1. The van der Waals surface area contributed by atoms with Crippen molar-refractivity contribution in [3.8, 4) is 11.5 Å². The Kier molecular flexibility index (Phi) is 2.82. The lowest BCUT2D eigenvalue weighted by Crippen LogP contribution is -2.00. The molecule has 0 amide bonds. The molecular formula is C10H6F2N2O3. The molecule has 0 unspecified atom stereocenters. The molecule has 1 aromatic carbocycles. The van der Waals surface area contributed by atoms with E-state index in [0.717, 1.165) is 19.2 Å². The van der Waals surface area contributed by atoms with Gasteiger partial charge in [-0.25, -0.2) is 13.6 Å². The van der Waals surface area contributed by atoms with Crippen LogP contribution < -0.4 is 0 Å². The molecule has 0 N–H and O–H groups in total. The molecule has 0 radical (unpaired) electrons. The van der Waals surface area contributed by atoms with E-state index in [9.17, 15) is 13.6 Å². The van der Waals surface area contributed by atoms with Crippen LogP contribution in [-0.2, 0) is 4.74 Å². The molecule has 0 fully saturated rings. The quantitative estimate of drug-likeness (QED) is 0.749. The van der Waals surface area contributed by atoms with Crippen LogP contribution in [0.3, 0.4) is 0 Å². The highest BCUT2D eigenvalue weighted by Gasteiger charge is 2.18. The number of nitrogens with zero attached hydrogens (tertiary/aromatic N) is 2. The minimum absolute atomic E-state index is 0.0888. The first-order valence-corrected chi connectivity index (χ1v) is 4.49. The van der Waals surface area contributed by atoms with Gasteiger partial charge in [-0.05, 0) is 12.1 Å². The Labute approximate surface area is 94.0 Å². The van der Waals surface area contributed by atoms with Crippen LogP contribution in [0.5, 0.6) is 0 Å². The fourth-order valence-electron chi connectivity index (χ4n) is 1.16. The predicted octanol–water partition coefficient (Wildman–Crippen LogP) is 1.80. The molecule has 2 aromatic rings. The zero-order chi connectivity index (χ0) is 12.4. The minimum Gasteiger partial charge on any atom is -0.462 e. The molecule has 7 heteroatoms. The van der Waals surface area contributed by atoms with Crippen LogP contribution in [0.2, 0.25) is 0 Å². The Morgan fingerprint density at radius 1 is 1.35 bits per heavy atom. The Balaban J connectivity index is 2.40. The smallest absolute Gasteiger partial charge is 0.396 e. The minimum atomic E-state index is -0.856. The number of aromatic nitrogens is 2. The van der Waals surface area contributed by atoms with E-state index in [1.54, 1.807) is 0 Å². The molecule has 0 bridgehead atoms. The first-order valence-electron chi connectivity index (χ1n) is 4.49. The summed E-state index contributed by atoms with van der Waals surface area (Å²) in [5.41, 5.74) is -0.0888. The molecule has 0 aliphatic rings. The highest BCUT2D eigenvalue weighted by atomic mass is 19.1. The number of hydrogen-bond acceptors (Lipinski definition) is 5. The summed E-state index contributed by atoms with van der Waals surface area (Å²) in [5, 5.41) is 6.84. The fourth-order valence-corrected chi connectivity index (χ4v) is 1.16. The van der Waals surface area contributed by atoms with Crippen LogP contribution in [0.25, 0.3) is 11.5 Å². The van der Waals surface area contributed by atoms with Gasteiger partial charge in [0.2, 0.25) is 0 Å². The first kappa shape index (κ1) is 11.2. The van der Waals surface area contributed by atoms with E-state index in [-0.39, 0.29) is 11.5 Å². The number of carbonyl (C=O) groups is 1. The van der Waals surface area contributed by atoms with Gasteiger partial charge in [0, 0.05) is 6.07 Å². The summed E-state index contributed by atoms with van der Waals surface area (Å²) in [6.45, 7) is 0. The van der Waals surface area contributed by atoms with Crippen LogP contribution >= 0.6 is 0 Å². The number of hydrogen-bond donors (Lipinski definition) is 0. The SMILES string of the molecule is COC(=O)c1nnc(-c2ccc(F)cc2F)o1. The zero-order valence-electron chi connectivity index (χ0n) is 8.61. The standard InChI is InChI=1S/C10H6F2N2O3/c1-16-10(15)9-14-13-8(17-9)6-3-2-5(11)4-7(6)12/h2-4H,1H3. The highest BCUT2D eigenvalue weighted by molar-refractivity contribution is 5.84. The third-order valence-corrected chi connectivity index (χ3v) is 1.95. The van der Waals surface area contributed by atoms with Crippen molar-refractivity contribution in [2.24, 2.45) is 0 Å². The molecule has 5 nitrogen and oxygen atoms in total.